The normalized spacial score (nSPS) is 11.8. The third-order valence-electron chi connectivity index (χ3n) is 4.15. The van der Waals surface area contributed by atoms with Crippen molar-refractivity contribution < 1.29 is 13.3 Å². The molecule has 0 bridgehead atoms. The lowest BCUT2D eigenvalue weighted by Crippen LogP contribution is -2.26. The Bertz CT molecular complexity index is 1090. The number of nitrogens with one attached hydrogen (secondary N) is 1. The number of nitro groups is 1. The van der Waals surface area contributed by atoms with Gasteiger partial charge in [0, 0.05) is 30.6 Å². The summed E-state index contributed by atoms with van der Waals surface area (Å²) in [6.45, 7) is 0.0715. The highest BCUT2D eigenvalue weighted by Gasteiger charge is 2.25. The number of para-hydroxylation sites is 2. The van der Waals surface area contributed by atoms with E-state index in [4.69, 9.17) is 11.6 Å². The molecular weight excluding hydrogens is 378 g/mol. The van der Waals surface area contributed by atoms with Crippen LogP contribution in [0.5, 0.6) is 0 Å². The quantitative estimate of drug-likeness (QED) is 0.513. The molecule has 0 fully saturated rings. The summed E-state index contributed by atoms with van der Waals surface area (Å²) in [4.78, 5) is 9.99. The lowest BCUT2D eigenvalue weighted by Gasteiger charge is -2.07. The van der Waals surface area contributed by atoms with E-state index in [9.17, 15) is 18.5 Å². The Labute approximate surface area is 155 Å². The number of hydrogen-bond acceptors (Lipinski definition) is 4. The molecule has 0 aliphatic rings. The zero-order valence-corrected chi connectivity index (χ0v) is 15.4. The van der Waals surface area contributed by atoms with Crippen LogP contribution in [-0.2, 0) is 23.5 Å². The molecule has 2 aromatic carbocycles. The van der Waals surface area contributed by atoms with Crippen LogP contribution in [0.3, 0.4) is 0 Å². The number of nitro benzene ring substituents is 1. The SMILES string of the molecule is Cn1c(Cl)c(CCNS(=O)(=O)c2ccccc2[N+](=O)[O-])c2ccccc21. The topological polar surface area (TPSA) is 94.2 Å². The minimum absolute atomic E-state index is 0.0715. The first-order valence-electron chi connectivity index (χ1n) is 7.78. The molecule has 9 heteroatoms. The van der Waals surface area contributed by atoms with Gasteiger partial charge >= 0.3 is 0 Å². The van der Waals surface area contributed by atoms with Crippen molar-refractivity contribution >= 4 is 38.2 Å². The molecule has 0 atom stereocenters. The molecule has 0 amide bonds. The first-order chi connectivity index (χ1) is 12.3. The largest absolute Gasteiger partial charge is 0.335 e. The van der Waals surface area contributed by atoms with E-state index in [0.717, 1.165) is 22.5 Å². The fraction of sp³-hybridized carbons (Fsp3) is 0.176. The molecule has 0 saturated heterocycles. The summed E-state index contributed by atoms with van der Waals surface area (Å²) >= 11 is 6.37. The maximum Gasteiger partial charge on any atom is 0.289 e. The lowest BCUT2D eigenvalue weighted by atomic mass is 10.1. The van der Waals surface area contributed by atoms with E-state index in [1.54, 1.807) is 0 Å². The van der Waals surface area contributed by atoms with E-state index >= 15 is 0 Å². The van der Waals surface area contributed by atoms with E-state index < -0.39 is 20.6 Å². The number of sulfonamides is 1. The van der Waals surface area contributed by atoms with Gasteiger partial charge in [0.15, 0.2) is 4.90 Å². The van der Waals surface area contributed by atoms with E-state index in [-0.39, 0.29) is 11.4 Å². The Balaban J connectivity index is 1.83. The van der Waals surface area contributed by atoms with Gasteiger partial charge in [0.05, 0.1) is 4.92 Å². The van der Waals surface area contributed by atoms with Crippen molar-refractivity contribution in [3.8, 4) is 0 Å². The highest BCUT2D eigenvalue weighted by atomic mass is 35.5. The molecule has 0 aliphatic heterocycles. The van der Waals surface area contributed by atoms with Gasteiger partial charge in [-0.3, -0.25) is 10.1 Å². The predicted molar refractivity (Wildman–Crippen MR) is 99.9 cm³/mol. The lowest BCUT2D eigenvalue weighted by molar-refractivity contribution is -0.387. The molecule has 0 aliphatic carbocycles. The standard InChI is InChI=1S/C17H16ClN3O4S/c1-20-14-7-3-2-6-12(14)13(17(20)18)10-11-19-26(24,25)16-9-5-4-8-15(16)21(22)23/h2-9,19H,10-11H2,1H3. The van der Waals surface area contributed by atoms with Crippen LogP contribution in [0.25, 0.3) is 10.9 Å². The molecule has 0 saturated carbocycles. The smallest absolute Gasteiger partial charge is 0.289 e. The average molecular weight is 394 g/mol. The predicted octanol–water partition coefficient (Wildman–Crippen LogP) is 3.26. The van der Waals surface area contributed by atoms with Crippen LogP contribution in [0.4, 0.5) is 5.69 Å². The minimum Gasteiger partial charge on any atom is -0.335 e. The molecule has 1 aromatic heterocycles. The molecular formula is C17H16ClN3O4S. The second-order valence-corrected chi connectivity index (χ2v) is 7.81. The summed E-state index contributed by atoms with van der Waals surface area (Å²) < 4.78 is 29.2. The minimum atomic E-state index is -4.01. The highest BCUT2D eigenvalue weighted by molar-refractivity contribution is 7.89. The van der Waals surface area contributed by atoms with E-state index in [1.807, 2.05) is 35.9 Å². The van der Waals surface area contributed by atoms with Crippen LogP contribution >= 0.6 is 11.6 Å². The van der Waals surface area contributed by atoms with Gasteiger partial charge in [-0.2, -0.15) is 0 Å². The van der Waals surface area contributed by atoms with E-state index in [0.29, 0.717) is 11.6 Å². The number of fused-ring (bicyclic) bond motifs is 1. The highest BCUT2D eigenvalue weighted by Crippen LogP contribution is 2.29. The zero-order chi connectivity index (χ0) is 18.9. The van der Waals surface area contributed by atoms with Gasteiger partial charge in [0.1, 0.15) is 5.15 Å². The summed E-state index contributed by atoms with van der Waals surface area (Å²) in [7, 11) is -2.17. The maximum atomic E-state index is 12.4. The van der Waals surface area contributed by atoms with Crippen molar-refractivity contribution in [2.45, 2.75) is 11.3 Å². The number of benzene rings is 2. The molecule has 1 N–H and O–H groups in total. The number of nitrogens with zero attached hydrogens (tertiary/aromatic N) is 2. The number of aromatic nitrogens is 1. The number of hydrogen-bond donors (Lipinski definition) is 1. The summed E-state index contributed by atoms with van der Waals surface area (Å²) in [6, 6.07) is 12.9. The Hall–Kier alpha value is -2.42. The van der Waals surface area contributed by atoms with Crippen molar-refractivity contribution in [2.75, 3.05) is 6.54 Å². The van der Waals surface area contributed by atoms with E-state index in [1.165, 1.54) is 18.2 Å². The first-order valence-corrected chi connectivity index (χ1v) is 9.64. The van der Waals surface area contributed by atoms with Gasteiger partial charge in [-0.1, -0.05) is 41.9 Å². The fourth-order valence-electron chi connectivity index (χ4n) is 2.90. The number of halogens is 1. The third kappa shape index (κ3) is 3.31. The Morgan fingerprint density at radius 2 is 1.81 bits per heavy atom. The monoisotopic (exact) mass is 393 g/mol. The van der Waals surface area contributed by atoms with Crippen LogP contribution in [0.15, 0.2) is 53.4 Å². The second kappa shape index (κ2) is 7.06. The van der Waals surface area contributed by atoms with E-state index in [2.05, 4.69) is 4.72 Å². The van der Waals surface area contributed by atoms with Crippen LogP contribution in [0, 0.1) is 10.1 Å². The zero-order valence-electron chi connectivity index (χ0n) is 13.8. The van der Waals surface area contributed by atoms with Gasteiger partial charge < -0.3 is 4.57 Å². The second-order valence-electron chi connectivity index (χ2n) is 5.72. The molecule has 3 aromatic rings. The van der Waals surface area contributed by atoms with Crippen molar-refractivity contribution in [3.05, 3.63) is 69.4 Å². The summed E-state index contributed by atoms with van der Waals surface area (Å²) in [5.74, 6) is 0. The van der Waals surface area contributed by atoms with Crippen LogP contribution in [0.1, 0.15) is 5.56 Å². The molecule has 0 spiro atoms. The molecule has 0 radical (unpaired) electrons. The molecule has 26 heavy (non-hydrogen) atoms. The van der Waals surface area contributed by atoms with Crippen molar-refractivity contribution in [1.29, 1.82) is 0 Å². The van der Waals surface area contributed by atoms with Crippen molar-refractivity contribution in [3.63, 3.8) is 0 Å². The molecule has 0 unspecified atom stereocenters. The fourth-order valence-corrected chi connectivity index (χ4v) is 4.39. The summed E-state index contributed by atoms with van der Waals surface area (Å²) in [5, 5.41) is 12.5. The van der Waals surface area contributed by atoms with Crippen molar-refractivity contribution in [1.82, 2.24) is 9.29 Å². The third-order valence-corrected chi connectivity index (χ3v) is 6.14. The Morgan fingerprint density at radius 1 is 1.15 bits per heavy atom. The molecule has 3 rings (SSSR count). The van der Waals surface area contributed by atoms with Crippen LogP contribution in [-0.4, -0.2) is 24.5 Å². The Kier molecular flexibility index (Phi) is 4.99. The Morgan fingerprint density at radius 3 is 2.54 bits per heavy atom. The van der Waals surface area contributed by atoms with Crippen molar-refractivity contribution in [2.24, 2.45) is 7.05 Å². The summed E-state index contributed by atoms with van der Waals surface area (Å²) in [5.41, 5.74) is 1.33. The summed E-state index contributed by atoms with van der Waals surface area (Å²) in [6.07, 6.45) is 0.361. The van der Waals surface area contributed by atoms with Crippen LogP contribution < -0.4 is 4.72 Å². The number of rotatable bonds is 6. The van der Waals surface area contributed by atoms with Gasteiger partial charge in [-0.25, -0.2) is 13.1 Å². The van der Waals surface area contributed by atoms with Gasteiger partial charge in [0.2, 0.25) is 10.0 Å². The van der Waals surface area contributed by atoms with Gasteiger partial charge in [-0.05, 0) is 24.1 Å². The molecule has 7 nitrogen and oxygen atoms in total. The average Bonchev–Trinajstić information content (AvgIpc) is 2.87. The molecule has 1 heterocycles. The molecule has 136 valence electrons. The van der Waals surface area contributed by atoms with Gasteiger partial charge in [-0.15, -0.1) is 0 Å². The van der Waals surface area contributed by atoms with Crippen LogP contribution in [0.2, 0.25) is 5.15 Å². The first kappa shape index (κ1) is 18.4. The number of aryl methyl sites for hydroxylation is 1. The van der Waals surface area contributed by atoms with Gasteiger partial charge in [0.25, 0.3) is 5.69 Å². The maximum absolute atomic E-state index is 12.4.